The Morgan fingerprint density at radius 2 is 2.08 bits per heavy atom. The van der Waals surface area contributed by atoms with Crippen LogP contribution in [0, 0.1) is 5.92 Å². The Labute approximate surface area is 74.5 Å². The second kappa shape index (κ2) is 6.14. The lowest BCUT2D eigenvalue weighted by atomic mass is 9.95. The van der Waals surface area contributed by atoms with E-state index < -0.39 is 0 Å². The van der Waals surface area contributed by atoms with Crippen LogP contribution < -0.4 is 11.5 Å². The van der Waals surface area contributed by atoms with Gasteiger partial charge >= 0.3 is 0 Å². The number of ketones is 1. The molecule has 0 aliphatic carbocycles. The van der Waals surface area contributed by atoms with Gasteiger partial charge in [-0.2, -0.15) is 0 Å². The Bertz CT molecular complexity index is 136. The van der Waals surface area contributed by atoms with Crippen LogP contribution in [0.5, 0.6) is 0 Å². The van der Waals surface area contributed by atoms with Crippen LogP contribution in [-0.4, -0.2) is 18.4 Å². The summed E-state index contributed by atoms with van der Waals surface area (Å²) in [6.45, 7) is 4.53. The molecule has 1 unspecified atom stereocenters. The van der Waals surface area contributed by atoms with Crippen molar-refractivity contribution in [3.8, 4) is 0 Å². The van der Waals surface area contributed by atoms with Crippen LogP contribution in [0.1, 0.15) is 33.1 Å². The van der Waals surface area contributed by atoms with Crippen LogP contribution in [0.25, 0.3) is 0 Å². The lowest BCUT2D eigenvalue weighted by Gasteiger charge is -2.13. The van der Waals surface area contributed by atoms with Gasteiger partial charge in [-0.25, -0.2) is 0 Å². The average molecular weight is 172 g/mol. The van der Waals surface area contributed by atoms with Crippen molar-refractivity contribution in [3.05, 3.63) is 0 Å². The van der Waals surface area contributed by atoms with Crippen LogP contribution in [0.15, 0.2) is 0 Å². The molecular weight excluding hydrogens is 152 g/mol. The van der Waals surface area contributed by atoms with Gasteiger partial charge < -0.3 is 11.5 Å². The first-order valence-electron chi connectivity index (χ1n) is 4.62. The molecule has 0 saturated carbocycles. The molecule has 0 saturated heterocycles. The average Bonchev–Trinajstić information content (AvgIpc) is 2.11. The van der Waals surface area contributed by atoms with Crippen molar-refractivity contribution >= 4 is 5.78 Å². The minimum absolute atomic E-state index is 0.0952. The predicted molar refractivity (Wildman–Crippen MR) is 50.7 cm³/mol. The van der Waals surface area contributed by atoms with Crippen molar-refractivity contribution in [2.45, 2.75) is 39.2 Å². The fourth-order valence-corrected chi connectivity index (χ4v) is 1.05. The van der Waals surface area contributed by atoms with Crippen LogP contribution in [0.4, 0.5) is 0 Å². The zero-order valence-electron chi connectivity index (χ0n) is 8.05. The molecule has 0 fully saturated rings. The third-order valence-corrected chi connectivity index (χ3v) is 2.18. The minimum atomic E-state index is -0.302. The topological polar surface area (TPSA) is 69.1 Å². The summed E-state index contributed by atoms with van der Waals surface area (Å²) in [4.78, 5) is 11.4. The van der Waals surface area contributed by atoms with Gasteiger partial charge in [0.05, 0.1) is 6.04 Å². The monoisotopic (exact) mass is 172 g/mol. The first-order chi connectivity index (χ1) is 5.63. The summed E-state index contributed by atoms with van der Waals surface area (Å²) in [6.07, 6.45) is 2.43. The van der Waals surface area contributed by atoms with Crippen LogP contribution in [-0.2, 0) is 4.79 Å². The Morgan fingerprint density at radius 1 is 1.50 bits per heavy atom. The van der Waals surface area contributed by atoms with Gasteiger partial charge in [-0.05, 0) is 25.8 Å². The van der Waals surface area contributed by atoms with Crippen molar-refractivity contribution in [2.75, 3.05) is 6.54 Å². The van der Waals surface area contributed by atoms with E-state index in [1.807, 2.05) is 13.8 Å². The minimum Gasteiger partial charge on any atom is -0.330 e. The molecule has 12 heavy (non-hydrogen) atoms. The Kier molecular flexibility index (Phi) is 5.93. The highest BCUT2D eigenvalue weighted by Gasteiger charge is 2.17. The predicted octanol–water partition coefficient (Wildman–Crippen LogP) is 0.668. The summed E-state index contributed by atoms with van der Waals surface area (Å²) >= 11 is 0. The van der Waals surface area contributed by atoms with Gasteiger partial charge in [0.15, 0.2) is 5.78 Å². The number of hydrogen-bond donors (Lipinski definition) is 2. The second-order valence-corrected chi connectivity index (χ2v) is 3.25. The molecule has 0 rings (SSSR count). The smallest absolute Gasteiger partial charge is 0.152 e. The van der Waals surface area contributed by atoms with E-state index in [4.69, 9.17) is 11.5 Å². The fourth-order valence-electron chi connectivity index (χ4n) is 1.05. The summed E-state index contributed by atoms with van der Waals surface area (Å²) in [5, 5.41) is 0. The zero-order valence-corrected chi connectivity index (χ0v) is 8.05. The molecule has 2 atom stereocenters. The van der Waals surface area contributed by atoms with E-state index in [1.54, 1.807) is 0 Å². The molecule has 0 heterocycles. The largest absolute Gasteiger partial charge is 0.330 e. The summed E-state index contributed by atoms with van der Waals surface area (Å²) in [7, 11) is 0. The third-order valence-electron chi connectivity index (χ3n) is 2.18. The molecule has 0 aromatic heterocycles. The molecule has 72 valence electrons. The van der Waals surface area contributed by atoms with Gasteiger partial charge in [0.25, 0.3) is 0 Å². The highest BCUT2D eigenvalue weighted by Crippen LogP contribution is 2.07. The van der Waals surface area contributed by atoms with Gasteiger partial charge in [0, 0.05) is 5.92 Å². The first kappa shape index (κ1) is 11.6. The Hall–Kier alpha value is -0.410. The van der Waals surface area contributed by atoms with Gasteiger partial charge in [-0.15, -0.1) is 0 Å². The maximum atomic E-state index is 11.4. The maximum absolute atomic E-state index is 11.4. The molecule has 0 spiro atoms. The number of nitrogens with two attached hydrogens (primary N) is 2. The normalized spacial score (nSPS) is 15.7. The molecule has 0 amide bonds. The van der Waals surface area contributed by atoms with Crippen molar-refractivity contribution in [1.29, 1.82) is 0 Å². The van der Waals surface area contributed by atoms with E-state index in [9.17, 15) is 4.79 Å². The molecule has 0 aliphatic rings. The second-order valence-electron chi connectivity index (χ2n) is 3.25. The van der Waals surface area contributed by atoms with E-state index in [1.165, 1.54) is 0 Å². The summed E-state index contributed by atoms with van der Waals surface area (Å²) < 4.78 is 0. The number of carbonyl (C=O) groups is 1. The molecule has 0 aliphatic heterocycles. The Morgan fingerprint density at radius 3 is 2.50 bits per heavy atom. The van der Waals surface area contributed by atoms with E-state index in [-0.39, 0.29) is 17.7 Å². The van der Waals surface area contributed by atoms with Gasteiger partial charge in [0.2, 0.25) is 0 Å². The maximum Gasteiger partial charge on any atom is 0.152 e. The van der Waals surface area contributed by atoms with Crippen molar-refractivity contribution in [2.24, 2.45) is 17.4 Å². The summed E-state index contributed by atoms with van der Waals surface area (Å²) in [5.74, 6) is 0.267. The molecule has 0 radical (unpaired) electrons. The molecule has 0 bridgehead atoms. The fraction of sp³-hybridized carbons (Fsp3) is 0.889. The van der Waals surface area contributed by atoms with Crippen LogP contribution >= 0.6 is 0 Å². The molecule has 4 N–H and O–H groups in total. The van der Waals surface area contributed by atoms with Gasteiger partial charge in [-0.1, -0.05) is 13.8 Å². The molecular formula is C9H20N2O. The highest BCUT2D eigenvalue weighted by atomic mass is 16.1. The molecule has 0 aromatic carbocycles. The van der Waals surface area contributed by atoms with E-state index in [0.29, 0.717) is 6.54 Å². The standard InChI is InChI=1S/C9H20N2O/c1-3-7(2)9(12)8(11)5-4-6-10/h7-8H,3-6,10-11H2,1-2H3/t7?,8-/m0/s1. The van der Waals surface area contributed by atoms with E-state index in [0.717, 1.165) is 19.3 Å². The molecule has 3 heteroatoms. The highest BCUT2D eigenvalue weighted by molar-refractivity contribution is 5.85. The SMILES string of the molecule is CCC(C)C(=O)[C@@H](N)CCCN. The third kappa shape index (κ3) is 3.83. The lowest BCUT2D eigenvalue weighted by molar-refractivity contribution is -0.123. The number of rotatable bonds is 6. The van der Waals surface area contributed by atoms with Crippen molar-refractivity contribution in [3.63, 3.8) is 0 Å². The lowest BCUT2D eigenvalue weighted by Crippen LogP contribution is -2.34. The first-order valence-corrected chi connectivity index (χ1v) is 4.62. The Balaban J connectivity index is 3.75. The quantitative estimate of drug-likeness (QED) is 0.618. The number of Topliss-reactive ketones (excluding diaryl/α,β-unsaturated/α-hetero) is 1. The van der Waals surface area contributed by atoms with Gasteiger partial charge in [-0.3, -0.25) is 4.79 Å². The van der Waals surface area contributed by atoms with E-state index >= 15 is 0 Å². The van der Waals surface area contributed by atoms with E-state index in [2.05, 4.69) is 0 Å². The molecule has 3 nitrogen and oxygen atoms in total. The summed E-state index contributed by atoms with van der Waals surface area (Å²) in [5.41, 5.74) is 11.0. The zero-order chi connectivity index (χ0) is 9.56. The van der Waals surface area contributed by atoms with Gasteiger partial charge in [0.1, 0.15) is 0 Å². The van der Waals surface area contributed by atoms with Crippen molar-refractivity contribution in [1.82, 2.24) is 0 Å². The molecule has 0 aromatic rings. The number of hydrogen-bond acceptors (Lipinski definition) is 3. The van der Waals surface area contributed by atoms with Crippen LogP contribution in [0.3, 0.4) is 0 Å². The van der Waals surface area contributed by atoms with Crippen LogP contribution in [0.2, 0.25) is 0 Å². The van der Waals surface area contributed by atoms with Crippen molar-refractivity contribution < 1.29 is 4.79 Å². The number of carbonyl (C=O) groups excluding carboxylic acids is 1. The summed E-state index contributed by atoms with van der Waals surface area (Å²) in [6, 6.07) is -0.302.